The van der Waals surface area contributed by atoms with Gasteiger partial charge in [-0.3, -0.25) is 5.84 Å². The zero-order chi connectivity index (χ0) is 12.8. The van der Waals surface area contributed by atoms with E-state index in [1.165, 1.54) is 5.56 Å². The van der Waals surface area contributed by atoms with Gasteiger partial charge in [0.25, 0.3) is 0 Å². The van der Waals surface area contributed by atoms with Gasteiger partial charge in [-0.1, -0.05) is 32.4 Å². The Bertz CT molecular complexity index is 368. The normalized spacial score (nSPS) is 17.8. The molecule has 0 spiro atoms. The molecule has 0 saturated heterocycles. The standard InChI is InChI=1S/C10H15ClN4.C2H6/c1-2-6-4-13-5-9-7(6)3-8(15-12)10(11)14-9;1-2/h3,6,13,15H,2,4-5,12H2,1H3;1-2H3. The zero-order valence-electron chi connectivity index (χ0n) is 10.7. The van der Waals surface area contributed by atoms with Crippen LogP contribution in [-0.4, -0.2) is 11.5 Å². The molecule has 4 N–H and O–H groups in total. The predicted octanol–water partition coefficient (Wildman–Crippen LogP) is 2.64. The highest BCUT2D eigenvalue weighted by atomic mass is 35.5. The van der Waals surface area contributed by atoms with Crippen molar-refractivity contribution in [2.45, 2.75) is 39.7 Å². The molecule has 17 heavy (non-hydrogen) atoms. The van der Waals surface area contributed by atoms with E-state index >= 15 is 0 Å². The molecule has 1 atom stereocenters. The summed E-state index contributed by atoms with van der Waals surface area (Å²) in [4.78, 5) is 4.34. The van der Waals surface area contributed by atoms with Crippen molar-refractivity contribution in [2.24, 2.45) is 5.84 Å². The molecular weight excluding hydrogens is 236 g/mol. The molecule has 2 rings (SSSR count). The van der Waals surface area contributed by atoms with Crippen molar-refractivity contribution in [1.29, 1.82) is 0 Å². The van der Waals surface area contributed by atoms with Crippen LogP contribution in [0, 0.1) is 0 Å². The molecule has 0 bridgehead atoms. The van der Waals surface area contributed by atoms with Crippen LogP contribution in [0.25, 0.3) is 0 Å². The lowest BCUT2D eigenvalue weighted by Crippen LogP contribution is -2.29. The molecule has 0 saturated carbocycles. The first kappa shape index (κ1) is 14.2. The second kappa shape index (κ2) is 6.79. The summed E-state index contributed by atoms with van der Waals surface area (Å²) in [6.45, 7) is 7.96. The number of hydrazine groups is 1. The maximum atomic E-state index is 5.97. The SMILES string of the molecule is CC.CCC1CNCc2nc(Cl)c(NN)cc21. The van der Waals surface area contributed by atoms with Crippen molar-refractivity contribution in [3.63, 3.8) is 0 Å². The van der Waals surface area contributed by atoms with E-state index in [1.807, 2.05) is 19.9 Å². The summed E-state index contributed by atoms with van der Waals surface area (Å²) in [5.74, 6) is 5.89. The topological polar surface area (TPSA) is 63.0 Å². The molecular formula is C12H21ClN4. The van der Waals surface area contributed by atoms with Crippen molar-refractivity contribution >= 4 is 17.3 Å². The van der Waals surface area contributed by atoms with E-state index in [-0.39, 0.29) is 0 Å². The van der Waals surface area contributed by atoms with Gasteiger partial charge in [0.2, 0.25) is 0 Å². The lowest BCUT2D eigenvalue weighted by atomic mass is 9.92. The van der Waals surface area contributed by atoms with E-state index in [4.69, 9.17) is 17.4 Å². The highest BCUT2D eigenvalue weighted by Crippen LogP contribution is 2.30. The first-order valence-electron chi connectivity index (χ1n) is 6.13. The highest BCUT2D eigenvalue weighted by molar-refractivity contribution is 6.32. The minimum Gasteiger partial charge on any atom is -0.321 e. The average molecular weight is 257 g/mol. The number of hydrogen-bond donors (Lipinski definition) is 3. The Morgan fingerprint density at radius 3 is 2.88 bits per heavy atom. The number of anilines is 1. The molecule has 1 aliphatic rings. The van der Waals surface area contributed by atoms with E-state index < -0.39 is 0 Å². The van der Waals surface area contributed by atoms with Crippen molar-refractivity contribution in [2.75, 3.05) is 12.0 Å². The minimum atomic E-state index is 0.440. The summed E-state index contributed by atoms with van der Waals surface area (Å²) >= 11 is 5.97. The molecule has 5 heteroatoms. The molecule has 0 amide bonds. The molecule has 0 aromatic carbocycles. The van der Waals surface area contributed by atoms with Crippen LogP contribution in [0.1, 0.15) is 44.4 Å². The maximum Gasteiger partial charge on any atom is 0.153 e. The van der Waals surface area contributed by atoms with Gasteiger partial charge in [0.15, 0.2) is 5.15 Å². The number of nitrogen functional groups attached to an aromatic ring is 1. The van der Waals surface area contributed by atoms with Crippen molar-refractivity contribution < 1.29 is 0 Å². The van der Waals surface area contributed by atoms with Crippen LogP contribution in [0.4, 0.5) is 5.69 Å². The van der Waals surface area contributed by atoms with E-state index in [9.17, 15) is 0 Å². The summed E-state index contributed by atoms with van der Waals surface area (Å²) in [5.41, 5.74) is 5.58. The Morgan fingerprint density at radius 2 is 2.29 bits per heavy atom. The fourth-order valence-corrected chi connectivity index (χ4v) is 2.19. The van der Waals surface area contributed by atoms with Gasteiger partial charge in [-0.2, -0.15) is 0 Å². The van der Waals surface area contributed by atoms with Crippen LogP contribution in [0.2, 0.25) is 5.15 Å². The third-order valence-corrected chi connectivity index (χ3v) is 3.15. The van der Waals surface area contributed by atoms with Crippen molar-refractivity contribution in [1.82, 2.24) is 10.3 Å². The monoisotopic (exact) mass is 256 g/mol. The number of fused-ring (bicyclic) bond motifs is 1. The summed E-state index contributed by atoms with van der Waals surface area (Å²) in [5, 5.41) is 3.77. The minimum absolute atomic E-state index is 0.440. The van der Waals surface area contributed by atoms with E-state index in [0.717, 1.165) is 25.2 Å². The average Bonchev–Trinajstić information content (AvgIpc) is 2.39. The number of rotatable bonds is 2. The molecule has 0 fully saturated rings. The Hall–Kier alpha value is -0.840. The number of hydrogen-bond acceptors (Lipinski definition) is 4. The van der Waals surface area contributed by atoms with Gasteiger partial charge in [0, 0.05) is 13.1 Å². The fourth-order valence-electron chi connectivity index (χ4n) is 1.98. The molecule has 2 heterocycles. The van der Waals surface area contributed by atoms with E-state index in [2.05, 4.69) is 22.7 Å². The molecule has 0 radical (unpaired) electrons. The smallest absolute Gasteiger partial charge is 0.153 e. The van der Waals surface area contributed by atoms with Gasteiger partial charge in [0.05, 0.1) is 11.4 Å². The van der Waals surface area contributed by atoms with Gasteiger partial charge < -0.3 is 10.7 Å². The van der Waals surface area contributed by atoms with Crippen LogP contribution < -0.4 is 16.6 Å². The maximum absolute atomic E-state index is 5.97. The number of pyridine rings is 1. The van der Waals surface area contributed by atoms with Crippen LogP contribution in [0.3, 0.4) is 0 Å². The third-order valence-electron chi connectivity index (χ3n) is 2.86. The van der Waals surface area contributed by atoms with Crippen molar-refractivity contribution in [3.05, 3.63) is 22.5 Å². The van der Waals surface area contributed by atoms with Gasteiger partial charge in [-0.05, 0) is 24.0 Å². The van der Waals surface area contributed by atoms with Crippen LogP contribution in [-0.2, 0) is 6.54 Å². The summed E-state index contributed by atoms with van der Waals surface area (Å²) in [6.07, 6.45) is 1.09. The van der Waals surface area contributed by atoms with Crippen LogP contribution in [0.15, 0.2) is 6.07 Å². The molecule has 1 unspecified atom stereocenters. The number of halogens is 1. The first-order valence-corrected chi connectivity index (χ1v) is 6.50. The van der Waals surface area contributed by atoms with E-state index in [0.29, 0.717) is 16.8 Å². The van der Waals surface area contributed by atoms with Gasteiger partial charge in [-0.25, -0.2) is 4.98 Å². The predicted molar refractivity (Wildman–Crippen MR) is 73.1 cm³/mol. The molecule has 1 aromatic rings. The lowest BCUT2D eigenvalue weighted by molar-refractivity contribution is 0.521. The third kappa shape index (κ3) is 3.09. The second-order valence-electron chi connectivity index (χ2n) is 3.74. The molecule has 0 aliphatic carbocycles. The Kier molecular flexibility index (Phi) is 5.68. The Labute approximate surface area is 108 Å². The summed E-state index contributed by atoms with van der Waals surface area (Å²) in [7, 11) is 0. The van der Waals surface area contributed by atoms with Gasteiger partial charge in [0.1, 0.15) is 0 Å². The lowest BCUT2D eigenvalue weighted by Gasteiger charge is -2.25. The largest absolute Gasteiger partial charge is 0.321 e. The second-order valence-corrected chi connectivity index (χ2v) is 4.10. The number of nitrogens with one attached hydrogen (secondary N) is 2. The zero-order valence-corrected chi connectivity index (χ0v) is 11.4. The summed E-state index contributed by atoms with van der Waals surface area (Å²) < 4.78 is 0. The first-order chi connectivity index (χ1) is 8.26. The van der Waals surface area contributed by atoms with Gasteiger partial charge in [-0.15, -0.1) is 0 Å². The quantitative estimate of drug-likeness (QED) is 0.433. The number of aromatic nitrogens is 1. The Balaban J connectivity index is 0.000000686. The molecule has 1 aromatic heterocycles. The van der Waals surface area contributed by atoms with E-state index in [1.54, 1.807) is 0 Å². The van der Waals surface area contributed by atoms with Gasteiger partial charge >= 0.3 is 0 Å². The summed E-state index contributed by atoms with van der Waals surface area (Å²) in [6, 6.07) is 2.01. The van der Waals surface area contributed by atoms with Crippen molar-refractivity contribution in [3.8, 4) is 0 Å². The van der Waals surface area contributed by atoms with Crippen LogP contribution >= 0.6 is 11.6 Å². The molecule has 4 nitrogen and oxygen atoms in total. The Morgan fingerprint density at radius 1 is 1.59 bits per heavy atom. The molecule has 96 valence electrons. The number of nitrogens with zero attached hydrogens (tertiary/aromatic N) is 1. The van der Waals surface area contributed by atoms with Crippen LogP contribution in [0.5, 0.6) is 0 Å². The highest BCUT2D eigenvalue weighted by Gasteiger charge is 2.21. The number of nitrogens with two attached hydrogens (primary N) is 1. The molecule has 1 aliphatic heterocycles. The fraction of sp³-hybridized carbons (Fsp3) is 0.583.